The number of hydrogen-bond acceptors (Lipinski definition) is 5. The Morgan fingerprint density at radius 1 is 0.844 bits per heavy atom. The van der Waals surface area contributed by atoms with E-state index in [1.165, 1.54) is 85.8 Å². The summed E-state index contributed by atoms with van der Waals surface area (Å²) >= 11 is 0. The maximum Gasteiger partial charge on any atom is 0.338 e. The third-order valence-corrected chi connectivity index (χ3v) is 8.16. The van der Waals surface area contributed by atoms with Crippen molar-refractivity contribution in [2.75, 3.05) is 6.54 Å². The number of fused-ring (bicyclic) bond motifs is 1. The zero-order chi connectivity index (χ0) is 32.0. The fourth-order valence-electron chi connectivity index (χ4n) is 5.52. The van der Waals surface area contributed by atoms with Crippen molar-refractivity contribution in [1.82, 2.24) is 34.8 Å². The molecule has 0 fully saturated rings. The zero-order valence-corrected chi connectivity index (χ0v) is 27.4. The molecule has 3 N–H and O–H groups in total. The number of aromatic carboxylic acids is 1. The maximum atomic E-state index is 10.8. The number of rotatable bonds is 16. The fraction of sp³-hybridized carbons (Fsp3) is 0.444. The van der Waals surface area contributed by atoms with Gasteiger partial charge in [-0.2, -0.15) is 10.2 Å². The van der Waals surface area contributed by atoms with Crippen LogP contribution in [0.4, 0.5) is 0 Å². The minimum atomic E-state index is -0.962. The van der Waals surface area contributed by atoms with Gasteiger partial charge in [-0.15, -0.1) is 0 Å². The first-order chi connectivity index (χ1) is 21.8. The number of carboxylic acid groups (broad SMARTS) is 1. The van der Waals surface area contributed by atoms with Crippen molar-refractivity contribution in [1.29, 1.82) is 0 Å². The molecule has 0 aliphatic heterocycles. The average molecular weight is 612 g/mol. The Morgan fingerprint density at radius 2 is 1.47 bits per heavy atom. The van der Waals surface area contributed by atoms with Gasteiger partial charge in [0.1, 0.15) is 5.65 Å². The van der Waals surface area contributed by atoms with Crippen molar-refractivity contribution in [3.05, 3.63) is 100 Å². The molecule has 0 bridgehead atoms. The molecule has 0 saturated carbocycles. The zero-order valence-electron chi connectivity index (χ0n) is 27.4. The summed E-state index contributed by atoms with van der Waals surface area (Å²) in [4.78, 5) is 18.7. The molecular formula is C36H49N7O2. The summed E-state index contributed by atoms with van der Waals surface area (Å²) < 4.78 is 3.52. The van der Waals surface area contributed by atoms with E-state index in [-0.39, 0.29) is 5.56 Å². The van der Waals surface area contributed by atoms with E-state index in [2.05, 4.69) is 52.3 Å². The van der Waals surface area contributed by atoms with E-state index in [0.717, 1.165) is 42.1 Å². The minimum Gasteiger partial charge on any atom is -0.478 e. The van der Waals surface area contributed by atoms with E-state index in [9.17, 15) is 4.79 Å². The molecule has 0 spiro atoms. The average Bonchev–Trinajstić information content (AvgIpc) is 3.79. The summed E-state index contributed by atoms with van der Waals surface area (Å²) in [6.45, 7) is 11.9. The Hall–Kier alpha value is -4.24. The largest absolute Gasteiger partial charge is 0.478 e. The first-order valence-corrected chi connectivity index (χ1v) is 16.3. The molecular weight excluding hydrogens is 562 g/mol. The fourth-order valence-corrected chi connectivity index (χ4v) is 5.52. The number of carboxylic acids is 1. The molecule has 0 saturated heterocycles. The van der Waals surface area contributed by atoms with Gasteiger partial charge in [0.05, 0.1) is 31.0 Å². The molecule has 4 aromatic heterocycles. The lowest BCUT2D eigenvalue weighted by atomic mass is 10.0. The standard InChI is InChI=1S/C20H33N3.C16H16N4O2/c1-4-5-6-7-8-9-10-11-13-21-15-19-16(2)18-12-14-22-20(18)23-17(19)3;1-12-6-17-19(8-12)9-13-2-4-14(5-3-13)10-20-11-15(7-18-20)16(21)22/h12,14,21H,4-11,13,15H2,1-3H3,(H,22,23);2-8,11H,9-10H2,1H3,(H,21,22). The number of unbranched alkanes of at least 4 members (excludes halogenated alkanes) is 7. The maximum absolute atomic E-state index is 10.8. The van der Waals surface area contributed by atoms with Crippen LogP contribution in [0, 0.1) is 20.8 Å². The Labute approximate surface area is 267 Å². The van der Waals surface area contributed by atoms with Gasteiger partial charge in [0.2, 0.25) is 0 Å². The van der Waals surface area contributed by atoms with Crippen LogP contribution in [0.15, 0.2) is 61.3 Å². The molecule has 45 heavy (non-hydrogen) atoms. The van der Waals surface area contributed by atoms with Gasteiger partial charge in [-0.1, -0.05) is 76.1 Å². The van der Waals surface area contributed by atoms with Gasteiger partial charge in [-0.05, 0) is 67.6 Å². The van der Waals surface area contributed by atoms with Crippen LogP contribution < -0.4 is 5.32 Å². The van der Waals surface area contributed by atoms with E-state index in [1.54, 1.807) is 4.68 Å². The molecule has 0 amide bonds. The van der Waals surface area contributed by atoms with E-state index >= 15 is 0 Å². The predicted octanol–water partition coefficient (Wildman–Crippen LogP) is 7.59. The lowest BCUT2D eigenvalue weighted by molar-refractivity contribution is 0.0696. The van der Waals surface area contributed by atoms with E-state index in [1.807, 2.05) is 54.5 Å². The van der Waals surface area contributed by atoms with Crippen LogP contribution in [0.25, 0.3) is 11.0 Å². The topological polar surface area (TPSA) is 114 Å². The minimum absolute atomic E-state index is 0.200. The van der Waals surface area contributed by atoms with Crippen LogP contribution in [0.1, 0.15) is 102 Å². The number of nitrogens with zero attached hydrogens (tertiary/aromatic N) is 5. The highest BCUT2D eigenvalue weighted by Crippen LogP contribution is 2.21. The summed E-state index contributed by atoms with van der Waals surface area (Å²) in [5.41, 5.74) is 8.44. The third kappa shape index (κ3) is 10.4. The number of pyridine rings is 1. The molecule has 0 atom stereocenters. The Morgan fingerprint density at radius 3 is 2.07 bits per heavy atom. The summed E-state index contributed by atoms with van der Waals surface area (Å²) in [6.07, 6.45) is 19.7. The highest BCUT2D eigenvalue weighted by molar-refractivity contribution is 5.86. The number of H-pyrrole nitrogens is 1. The smallest absolute Gasteiger partial charge is 0.338 e. The molecule has 1 aromatic carbocycles. The molecule has 9 heteroatoms. The summed E-state index contributed by atoms with van der Waals surface area (Å²) in [7, 11) is 0. The predicted molar refractivity (Wildman–Crippen MR) is 181 cm³/mol. The van der Waals surface area contributed by atoms with Gasteiger partial charge in [-0.3, -0.25) is 9.36 Å². The van der Waals surface area contributed by atoms with Crippen molar-refractivity contribution in [2.24, 2.45) is 0 Å². The number of aromatic amines is 1. The van der Waals surface area contributed by atoms with Crippen molar-refractivity contribution < 1.29 is 9.90 Å². The van der Waals surface area contributed by atoms with Crippen molar-refractivity contribution in [3.8, 4) is 0 Å². The van der Waals surface area contributed by atoms with Crippen molar-refractivity contribution in [2.45, 2.75) is 98.7 Å². The van der Waals surface area contributed by atoms with Gasteiger partial charge in [0.15, 0.2) is 0 Å². The van der Waals surface area contributed by atoms with Gasteiger partial charge in [0.25, 0.3) is 0 Å². The number of carbonyl (C=O) groups is 1. The van der Waals surface area contributed by atoms with E-state index in [0.29, 0.717) is 6.54 Å². The van der Waals surface area contributed by atoms with E-state index in [4.69, 9.17) is 5.11 Å². The highest BCUT2D eigenvalue weighted by atomic mass is 16.4. The molecule has 5 aromatic rings. The monoisotopic (exact) mass is 611 g/mol. The Balaban J connectivity index is 0.000000205. The first-order valence-electron chi connectivity index (χ1n) is 16.3. The van der Waals surface area contributed by atoms with Crippen LogP contribution in [0.2, 0.25) is 0 Å². The highest BCUT2D eigenvalue weighted by Gasteiger charge is 2.09. The molecule has 0 unspecified atom stereocenters. The second kappa shape index (κ2) is 17.3. The van der Waals surface area contributed by atoms with Crippen LogP contribution in [-0.2, 0) is 19.6 Å². The van der Waals surface area contributed by atoms with Gasteiger partial charge in [-0.25, -0.2) is 9.78 Å². The number of aromatic nitrogens is 6. The second-order valence-corrected chi connectivity index (χ2v) is 12.0. The van der Waals surface area contributed by atoms with Gasteiger partial charge in [0, 0.05) is 36.2 Å². The SMILES string of the molecule is CCCCCCCCCCNCc1c(C)nc2[nH]ccc2c1C.Cc1cnn(Cc2ccc(Cn3cc(C(=O)O)cn3)cc2)c1. The lowest BCUT2D eigenvalue weighted by Gasteiger charge is -2.11. The van der Waals surface area contributed by atoms with Gasteiger partial charge < -0.3 is 15.4 Å². The van der Waals surface area contributed by atoms with E-state index < -0.39 is 5.97 Å². The molecule has 5 rings (SSSR count). The molecule has 9 nitrogen and oxygen atoms in total. The molecule has 0 aliphatic rings. The molecule has 4 heterocycles. The lowest BCUT2D eigenvalue weighted by Crippen LogP contribution is -2.17. The van der Waals surface area contributed by atoms with Crippen molar-refractivity contribution >= 4 is 17.0 Å². The first kappa shape index (κ1) is 33.6. The third-order valence-electron chi connectivity index (χ3n) is 8.16. The molecule has 240 valence electrons. The normalized spacial score (nSPS) is 11.1. The molecule has 0 aliphatic carbocycles. The number of nitrogens with one attached hydrogen (secondary N) is 2. The van der Waals surface area contributed by atoms with Crippen LogP contribution >= 0.6 is 0 Å². The van der Waals surface area contributed by atoms with Crippen LogP contribution in [-0.4, -0.2) is 47.1 Å². The number of benzene rings is 1. The van der Waals surface area contributed by atoms with Crippen molar-refractivity contribution in [3.63, 3.8) is 0 Å². The number of hydrogen-bond donors (Lipinski definition) is 3. The summed E-state index contributed by atoms with van der Waals surface area (Å²) in [5, 5.41) is 22.0. The Kier molecular flexibility index (Phi) is 12.9. The summed E-state index contributed by atoms with van der Waals surface area (Å²) in [6, 6.07) is 10.3. The Bertz CT molecular complexity index is 1610. The quantitative estimate of drug-likeness (QED) is 0.0991. The van der Waals surface area contributed by atoms with Crippen LogP contribution in [0.3, 0.4) is 0 Å². The van der Waals surface area contributed by atoms with Crippen LogP contribution in [0.5, 0.6) is 0 Å². The summed E-state index contributed by atoms with van der Waals surface area (Å²) in [5.74, 6) is -0.962. The number of aryl methyl sites for hydroxylation is 3. The molecule has 0 radical (unpaired) electrons. The second-order valence-electron chi connectivity index (χ2n) is 12.0. The van der Waals surface area contributed by atoms with Gasteiger partial charge >= 0.3 is 5.97 Å².